The second-order valence-corrected chi connectivity index (χ2v) is 6.35. The molecule has 1 fully saturated rings. The Hall–Kier alpha value is -0.550. The fourth-order valence-corrected chi connectivity index (χ4v) is 3.54. The number of hydrogen-bond donors (Lipinski definition) is 2. The summed E-state index contributed by atoms with van der Waals surface area (Å²) >= 11 is 1.12. The second-order valence-electron chi connectivity index (χ2n) is 5.28. The van der Waals surface area contributed by atoms with Gasteiger partial charge in [0.1, 0.15) is 29.8 Å². The van der Waals surface area contributed by atoms with Gasteiger partial charge in [0.25, 0.3) is 0 Å². The van der Waals surface area contributed by atoms with Crippen molar-refractivity contribution in [2.75, 3.05) is 20.7 Å². The molecular formula is C12H19F3N2O4S. The van der Waals surface area contributed by atoms with E-state index in [4.69, 9.17) is 9.47 Å². The SMILES string of the molecule is CCOC(C1OC2SC(N(C)C)=NC2C(O)C1O)C(F)(F)F. The number of amidine groups is 1. The van der Waals surface area contributed by atoms with Gasteiger partial charge in [-0.25, -0.2) is 0 Å². The number of aliphatic imine (C=N–C) groups is 1. The van der Waals surface area contributed by atoms with E-state index in [9.17, 15) is 23.4 Å². The topological polar surface area (TPSA) is 74.5 Å². The summed E-state index contributed by atoms with van der Waals surface area (Å²) in [5.74, 6) is 0. The third-order valence-corrected chi connectivity index (χ3v) is 4.74. The Kier molecular flexibility index (Phi) is 5.27. The van der Waals surface area contributed by atoms with Crippen LogP contribution in [0.2, 0.25) is 0 Å². The van der Waals surface area contributed by atoms with Gasteiger partial charge in [-0.05, 0) is 6.92 Å². The smallest absolute Gasteiger partial charge is 0.388 e. The molecule has 0 aliphatic carbocycles. The highest BCUT2D eigenvalue weighted by Crippen LogP contribution is 2.40. The highest BCUT2D eigenvalue weighted by atomic mass is 32.2. The van der Waals surface area contributed by atoms with Crippen molar-refractivity contribution in [3.8, 4) is 0 Å². The van der Waals surface area contributed by atoms with E-state index in [2.05, 4.69) is 4.99 Å². The van der Waals surface area contributed by atoms with E-state index in [0.717, 1.165) is 11.8 Å². The minimum Gasteiger partial charge on any atom is -0.388 e. The summed E-state index contributed by atoms with van der Waals surface area (Å²) in [6.07, 6.45) is -11.9. The van der Waals surface area contributed by atoms with E-state index in [0.29, 0.717) is 5.17 Å². The summed E-state index contributed by atoms with van der Waals surface area (Å²) in [6, 6.07) is -0.802. The van der Waals surface area contributed by atoms with Gasteiger partial charge in [0.15, 0.2) is 11.3 Å². The molecule has 2 aliphatic rings. The van der Waals surface area contributed by atoms with Crippen LogP contribution < -0.4 is 0 Å². The van der Waals surface area contributed by atoms with Gasteiger partial charge in [0.05, 0.1) is 0 Å². The molecule has 0 radical (unpaired) electrons. The molecule has 128 valence electrons. The number of fused-ring (bicyclic) bond motifs is 1. The highest BCUT2D eigenvalue weighted by Gasteiger charge is 2.57. The quantitative estimate of drug-likeness (QED) is 0.774. The summed E-state index contributed by atoms with van der Waals surface area (Å²) < 4.78 is 49.4. The molecule has 0 bridgehead atoms. The number of rotatable bonds is 3. The molecule has 0 saturated carbocycles. The van der Waals surface area contributed by atoms with Gasteiger partial charge in [0.2, 0.25) is 0 Å². The lowest BCUT2D eigenvalue weighted by atomic mass is 9.94. The maximum atomic E-state index is 13.1. The Morgan fingerprint density at radius 2 is 2.00 bits per heavy atom. The van der Waals surface area contributed by atoms with Crippen molar-refractivity contribution in [1.82, 2.24) is 4.90 Å². The van der Waals surface area contributed by atoms with Crippen LogP contribution in [0, 0.1) is 0 Å². The zero-order chi connectivity index (χ0) is 16.7. The van der Waals surface area contributed by atoms with Crippen molar-refractivity contribution in [2.45, 2.75) is 49.0 Å². The maximum absolute atomic E-state index is 13.1. The summed E-state index contributed by atoms with van der Waals surface area (Å²) in [5, 5.41) is 20.7. The first-order chi connectivity index (χ1) is 10.2. The van der Waals surface area contributed by atoms with E-state index in [1.54, 1.807) is 19.0 Å². The summed E-state index contributed by atoms with van der Waals surface area (Å²) in [4.78, 5) is 5.86. The molecule has 0 aromatic heterocycles. The van der Waals surface area contributed by atoms with E-state index in [1.807, 2.05) is 0 Å². The molecule has 6 unspecified atom stereocenters. The Bertz CT molecular complexity index is 435. The summed E-state index contributed by atoms with van der Waals surface area (Å²) in [5.41, 5.74) is -0.786. The lowest BCUT2D eigenvalue weighted by Crippen LogP contribution is -2.61. The van der Waals surface area contributed by atoms with Gasteiger partial charge in [-0.15, -0.1) is 0 Å². The fraction of sp³-hybridized carbons (Fsp3) is 0.917. The van der Waals surface area contributed by atoms with Gasteiger partial charge >= 0.3 is 6.18 Å². The van der Waals surface area contributed by atoms with E-state index in [1.165, 1.54) is 6.92 Å². The zero-order valence-corrected chi connectivity index (χ0v) is 13.1. The summed E-state index contributed by atoms with van der Waals surface area (Å²) in [7, 11) is 3.45. The molecule has 2 rings (SSSR count). The van der Waals surface area contributed by atoms with Gasteiger partial charge in [-0.1, -0.05) is 11.8 Å². The largest absolute Gasteiger partial charge is 0.417 e. The minimum atomic E-state index is -4.71. The van der Waals surface area contributed by atoms with Crippen LogP contribution in [0.5, 0.6) is 0 Å². The maximum Gasteiger partial charge on any atom is 0.417 e. The second kappa shape index (κ2) is 6.52. The van der Waals surface area contributed by atoms with Gasteiger partial charge < -0.3 is 24.6 Å². The van der Waals surface area contributed by atoms with Crippen LogP contribution in [0.1, 0.15) is 6.92 Å². The summed E-state index contributed by atoms with van der Waals surface area (Å²) in [6.45, 7) is 1.23. The van der Waals surface area contributed by atoms with Crippen molar-refractivity contribution in [3.05, 3.63) is 0 Å². The molecule has 0 spiro atoms. The molecule has 6 atom stereocenters. The number of aliphatic hydroxyl groups is 2. The number of nitrogens with zero attached hydrogens (tertiary/aromatic N) is 2. The predicted molar refractivity (Wildman–Crippen MR) is 74.6 cm³/mol. The number of alkyl halides is 3. The first-order valence-electron chi connectivity index (χ1n) is 6.78. The van der Waals surface area contributed by atoms with Gasteiger partial charge in [0, 0.05) is 20.7 Å². The first-order valence-corrected chi connectivity index (χ1v) is 7.66. The number of hydrogen-bond acceptors (Lipinski definition) is 7. The van der Waals surface area contributed by atoms with Crippen molar-refractivity contribution >= 4 is 16.9 Å². The molecule has 0 aromatic rings. The Morgan fingerprint density at radius 3 is 2.50 bits per heavy atom. The van der Waals surface area contributed by atoms with Gasteiger partial charge in [-0.2, -0.15) is 13.2 Å². The van der Waals surface area contributed by atoms with Crippen molar-refractivity contribution in [3.63, 3.8) is 0 Å². The third-order valence-electron chi connectivity index (χ3n) is 3.44. The molecule has 6 nitrogen and oxygen atoms in total. The molecular weight excluding hydrogens is 325 g/mol. The molecule has 2 aliphatic heterocycles. The Labute approximate surface area is 130 Å². The van der Waals surface area contributed by atoms with E-state index in [-0.39, 0.29) is 6.61 Å². The lowest BCUT2D eigenvalue weighted by Gasteiger charge is -2.41. The monoisotopic (exact) mass is 344 g/mol. The van der Waals surface area contributed by atoms with Crippen LogP contribution in [0.3, 0.4) is 0 Å². The average Bonchev–Trinajstić information content (AvgIpc) is 2.83. The van der Waals surface area contributed by atoms with Crippen LogP contribution in [0.4, 0.5) is 13.2 Å². The fourth-order valence-electron chi connectivity index (χ4n) is 2.40. The normalized spacial score (nSPS) is 36.7. The molecule has 22 heavy (non-hydrogen) atoms. The molecule has 0 amide bonds. The number of halogens is 3. The molecule has 10 heteroatoms. The Morgan fingerprint density at radius 1 is 1.36 bits per heavy atom. The van der Waals surface area contributed by atoms with Crippen molar-refractivity contribution < 1.29 is 32.9 Å². The average molecular weight is 344 g/mol. The van der Waals surface area contributed by atoms with Crippen LogP contribution >= 0.6 is 11.8 Å². The Balaban J connectivity index is 2.20. The molecule has 0 aromatic carbocycles. The van der Waals surface area contributed by atoms with Crippen molar-refractivity contribution in [2.24, 2.45) is 4.99 Å². The predicted octanol–water partition coefficient (Wildman–Crippen LogP) is 0.433. The highest BCUT2D eigenvalue weighted by molar-refractivity contribution is 8.14. The number of ether oxygens (including phenoxy) is 2. The number of aliphatic hydroxyl groups excluding tert-OH is 2. The number of thioether (sulfide) groups is 1. The van der Waals surface area contributed by atoms with E-state index >= 15 is 0 Å². The molecule has 2 N–H and O–H groups in total. The molecule has 1 saturated heterocycles. The van der Waals surface area contributed by atoms with Crippen molar-refractivity contribution in [1.29, 1.82) is 0 Å². The third kappa shape index (κ3) is 3.35. The van der Waals surface area contributed by atoms with E-state index < -0.39 is 42.1 Å². The van der Waals surface area contributed by atoms with Gasteiger partial charge in [-0.3, -0.25) is 4.99 Å². The van der Waals surface area contributed by atoms with Crippen LogP contribution in [-0.2, 0) is 9.47 Å². The van der Waals surface area contributed by atoms with Crippen LogP contribution in [0.25, 0.3) is 0 Å². The standard InChI is InChI=1S/C12H19F3N2O4S/c1-4-20-9(12(13,14)15)8-7(19)6(18)5-10(21-8)22-11(16-5)17(2)3/h5-10,18-19H,4H2,1-3H3. The molecule has 2 heterocycles. The van der Waals surface area contributed by atoms with Crippen LogP contribution in [0.15, 0.2) is 4.99 Å². The lowest BCUT2D eigenvalue weighted by molar-refractivity contribution is -0.283. The van der Waals surface area contributed by atoms with Crippen LogP contribution in [-0.4, -0.2) is 83.1 Å². The zero-order valence-electron chi connectivity index (χ0n) is 12.3. The minimum absolute atomic E-state index is 0.187. The first kappa shape index (κ1) is 17.8.